The summed E-state index contributed by atoms with van der Waals surface area (Å²) < 4.78 is 34.5. The summed E-state index contributed by atoms with van der Waals surface area (Å²) in [5.41, 5.74) is 1.72. The Hall–Kier alpha value is -1.74. The molecule has 1 heterocycles. The van der Waals surface area contributed by atoms with Gasteiger partial charge < -0.3 is 4.74 Å². The molecule has 0 aliphatic heterocycles. The maximum atomic E-state index is 12.7. The first-order valence-electron chi connectivity index (χ1n) is 8.64. The fourth-order valence-electron chi connectivity index (χ4n) is 2.76. The predicted octanol–water partition coefficient (Wildman–Crippen LogP) is 7.81. The van der Waals surface area contributed by atoms with Gasteiger partial charge >= 0.3 is 0 Å². The Morgan fingerprint density at radius 1 is 0.935 bits per heavy atom. The standard InChI is InChI=1S/C20H12Cl4N2O3S2/c1-10-2-5-18(13(22)6-10)31(27,28)26-12-8-14(23)19(15(24)9-12)29-20-25-16-4-3-11(21)7-17(16)30-20/h2-9,26H,1H3. The van der Waals surface area contributed by atoms with Crippen molar-refractivity contribution < 1.29 is 13.2 Å². The number of thiazole rings is 1. The average molecular weight is 534 g/mol. The number of anilines is 1. The van der Waals surface area contributed by atoms with Crippen LogP contribution in [0.5, 0.6) is 10.9 Å². The van der Waals surface area contributed by atoms with Gasteiger partial charge in [-0.25, -0.2) is 13.4 Å². The minimum atomic E-state index is -3.95. The number of halogens is 4. The minimum Gasteiger partial charge on any atom is -0.428 e. The summed E-state index contributed by atoms with van der Waals surface area (Å²) >= 11 is 26.0. The number of benzene rings is 3. The zero-order valence-electron chi connectivity index (χ0n) is 15.6. The lowest BCUT2D eigenvalue weighted by Gasteiger charge is -2.13. The molecular formula is C20H12Cl4N2O3S2. The number of aromatic nitrogens is 1. The van der Waals surface area contributed by atoms with E-state index in [2.05, 4.69) is 9.71 Å². The molecule has 4 aromatic rings. The topological polar surface area (TPSA) is 68.3 Å². The number of ether oxygens (including phenoxy) is 1. The first-order chi connectivity index (χ1) is 14.6. The van der Waals surface area contributed by atoms with Crippen molar-refractivity contribution in [2.45, 2.75) is 11.8 Å². The van der Waals surface area contributed by atoms with Crippen LogP contribution in [0.2, 0.25) is 20.1 Å². The molecule has 1 N–H and O–H groups in total. The highest BCUT2D eigenvalue weighted by Crippen LogP contribution is 2.41. The zero-order valence-corrected chi connectivity index (χ0v) is 20.3. The third-order valence-electron chi connectivity index (χ3n) is 4.15. The molecule has 0 saturated carbocycles. The maximum Gasteiger partial charge on any atom is 0.279 e. The lowest BCUT2D eigenvalue weighted by atomic mass is 10.2. The summed E-state index contributed by atoms with van der Waals surface area (Å²) in [6, 6.07) is 12.7. The molecule has 1 aromatic heterocycles. The summed E-state index contributed by atoms with van der Waals surface area (Å²) in [7, 11) is -3.95. The molecule has 4 rings (SSSR count). The normalized spacial score (nSPS) is 11.6. The Labute approximate surface area is 202 Å². The Balaban J connectivity index is 1.62. The van der Waals surface area contributed by atoms with Crippen molar-refractivity contribution in [3.63, 3.8) is 0 Å². The molecule has 0 bridgehead atoms. The van der Waals surface area contributed by atoms with Gasteiger partial charge in [0.05, 0.1) is 31.0 Å². The van der Waals surface area contributed by atoms with E-state index < -0.39 is 10.0 Å². The van der Waals surface area contributed by atoms with Gasteiger partial charge in [-0.1, -0.05) is 63.8 Å². The van der Waals surface area contributed by atoms with E-state index in [1.807, 2.05) is 6.92 Å². The number of sulfonamides is 1. The van der Waals surface area contributed by atoms with Crippen LogP contribution < -0.4 is 9.46 Å². The molecule has 31 heavy (non-hydrogen) atoms. The molecule has 0 unspecified atom stereocenters. The Morgan fingerprint density at radius 2 is 1.65 bits per heavy atom. The van der Waals surface area contributed by atoms with Crippen molar-refractivity contribution >= 4 is 83.7 Å². The number of hydrogen-bond donors (Lipinski definition) is 1. The number of nitrogens with zero attached hydrogens (tertiary/aromatic N) is 1. The van der Waals surface area contributed by atoms with E-state index >= 15 is 0 Å². The van der Waals surface area contributed by atoms with Crippen molar-refractivity contribution in [3.8, 4) is 10.9 Å². The van der Waals surface area contributed by atoms with Crippen molar-refractivity contribution in [1.82, 2.24) is 4.98 Å². The van der Waals surface area contributed by atoms with Crippen molar-refractivity contribution in [3.05, 3.63) is 74.2 Å². The van der Waals surface area contributed by atoms with E-state index in [4.69, 9.17) is 51.1 Å². The molecular weight excluding hydrogens is 522 g/mol. The second kappa shape index (κ2) is 8.65. The highest BCUT2D eigenvalue weighted by atomic mass is 35.5. The summed E-state index contributed by atoms with van der Waals surface area (Å²) in [5.74, 6) is 0.157. The highest BCUT2D eigenvalue weighted by molar-refractivity contribution is 7.92. The molecule has 0 atom stereocenters. The van der Waals surface area contributed by atoms with Crippen molar-refractivity contribution in [2.24, 2.45) is 0 Å². The number of aryl methyl sites for hydroxylation is 1. The van der Waals surface area contributed by atoms with Crippen LogP contribution in [0.4, 0.5) is 5.69 Å². The summed E-state index contributed by atoms with van der Waals surface area (Å²) in [4.78, 5) is 4.31. The zero-order chi connectivity index (χ0) is 22.3. The summed E-state index contributed by atoms with van der Waals surface area (Å²) in [6.07, 6.45) is 0. The molecule has 0 fully saturated rings. The van der Waals surface area contributed by atoms with Crippen LogP contribution in [0, 0.1) is 6.92 Å². The van der Waals surface area contributed by atoms with Crippen LogP contribution in [-0.4, -0.2) is 13.4 Å². The molecule has 5 nitrogen and oxygen atoms in total. The Morgan fingerprint density at radius 3 is 2.32 bits per heavy atom. The van der Waals surface area contributed by atoms with Gasteiger partial charge in [0, 0.05) is 5.02 Å². The molecule has 0 saturated heterocycles. The Bertz CT molecular complexity index is 1400. The van der Waals surface area contributed by atoms with Gasteiger partial charge in [-0.2, -0.15) is 0 Å². The second-order valence-electron chi connectivity index (χ2n) is 6.50. The van der Waals surface area contributed by atoms with Crippen LogP contribution >= 0.6 is 57.7 Å². The molecule has 11 heteroatoms. The van der Waals surface area contributed by atoms with E-state index in [1.54, 1.807) is 30.3 Å². The van der Waals surface area contributed by atoms with Crippen LogP contribution in [0.25, 0.3) is 10.2 Å². The monoisotopic (exact) mass is 532 g/mol. The highest BCUT2D eigenvalue weighted by Gasteiger charge is 2.20. The SMILES string of the molecule is Cc1ccc(S(=O)(=O)Nc2cc(Cl)c(Oc3nc4ccc(Cl)cc4s3)c(Cl)c2)c(Cl)c1. The average Bonchev–Trinajstić information content (AvgIpc) is 3.05. The lowest BCUT2D eigenvalue weighted by molar-refractivity contribution is 0.481. The smallest absolute Gasteiger partial charge is 0.279 e. The van der Waals surface area contributed by atoms with E-state index in [1.165, 1.54) is 29.5 Å². The molecule has 160 valence electrons. The van der Waals surface area contributed by atoms with Gasteiger partial charge in [0.15, 0.2) is 5.75 Å². The van der Waals surface area contributed by atoms with Crippen molar-refractivity contribution in [2.75, 3.05) is 4.72 Å². The number of rotatable bonds is 5. The fourth-order valence-corrected chi connectivity index (χ4v) is 6.06. The molecule has 0 aliphatic rings. The van der Waals surface area contributed by atoms with Crippen LogP contribution in [0.3, 0.4) is 0 Å². The molecule has 0 aliphatic carbocycles. The lowest BCUT2D eigenvalue weighted by Crippen LogP contribution is -2.13. The third-order valence-corrected chi connectivity index (χ3v) is 7.70. The predicted molar refractivity (Wildman–Crippen MR) is 128 cm³/mol. The van der Waals surface area contributed by atoms with Crippen LogP contribution in [0.15, 0.2) is 53.4 Å². The summed E-state index contributed by atoms with van der Waals surface area (Å²) in [5, 5.41) is 1.24. The first kappa shape index (κ1) is 22.5. The summed E-state index contributed by atoms with van der Waals surface area (Å²) in [6.45, 7) is 1.81. The molecule has 0 radical (unpaired) electrons. The van der Waals surface area contributed by atoms with E-state index in [0.29, 0.717) is 10.2 Å². The van der Waals surface area contributed by atoms with Gasteiger partial charge in [0.25, 0.3) is 15.2 Å². The van der Waals surface area contributed by atoms with E-state index in [-0.39, 0.29) is 31.4 Å². The fraction of sp³-hybridized carbons (Fsp3) is 0.0500. The number of fused-ring (bicyclic) bond motifs is 1. The van der Waals surface area contributed by atoms with Crippen LogP contribution in [0.1, 0.15) is 5.56 Å². The van der Waals surface area contributed by atoms with E-state index in [9.17, 15) is 8.42 Å². The van der Waals surface area contributed by atoms with E-state index in [0.717, 1.165) is 15.8 Å². The number of nitrogens with one attached hydrogen (secondary N) is 1. The second-order valence-corrected chi connectivity index (χ2v) is 10.8. The van der Waals surface area contributed by atoms with Crippen LogP contribution in [-0.2, 0) is 10.0 Å². The first-order valence-corrected chi connectivity index (χ1v) is 12.5. The van der Waals surface area contributed by atoms with Gasteiger partial charge in [-0.15, -0.1) is 0 Å². The maximum absolute atomic E-state index is 12.7. The Kier molecular flexibility index (Phi) is 6.27. The molecule has 0 spiro atoms. The molecule has 0 amide bonds. The van der Waals surface area contributed by atoms with Gasteiger partial charge in [0.2, 0.25) is 0 Å². The van der Waals surface area contributed by atoms with Crippen molar-refractivity contribution in [1.29, 1.82) is 0 Å². The van der Waals surface area contributed by atoms with Gasteiger partial charge in [0.1, 0.15) is 4.90 Å². The molecule has 3 aromatic carbocycles. The van der Waals surface area contributed by atoms with Gasteiger partial charge in [-0.3, -0.25) is 4.72 Å². The minimum absolute atomic E-state index is 0.0551. The quantitative estimate of drug-likeness (QED) is 0.284. The van der Waals surface area contributed by atoms with Gasteiger partial charge in [-0.05, 0) is 55.0 Å². The largest absolute Gasteiger partial charge is 0.428 e. The third kappa shape index (κ3) is 4.87. The number of hydrogen-bond acceptors (Lipinski definition) is 5.